The average Bonchev–Trinajstić information content (AvgIpc) is 2.28. The van der Waals surface area contributed by atoms with Gasteiger partial charge in [-0.2, -0.15) is 0 Å². The van der Waals surface area contributed by atoms with Crippen LogP contribution in [0.3, 0.4) is 0 Å². The van der Waals surface area contributed by atoms with Crippen LogP contribution in [0.15, 0.2) is 18.2 Å². The van der Waals surface area contributed by atoms with Crippen LogP contribution in [0.2, 0.25) is 0 Å². The minimum absolute atomic E-state index is 0.326. The number of hydrogen-bond acceptors (Lipinski definition) is 2. The third-order valence-corrected chi connectivity index (χ3v) is 3.78. The second-order valence-electron chi connectivity index (χ2n) is 5.96. The first-order chi connectivity index (χ1) is 7.95. The van der Waals surface area contributed by atoms with Crippen LogP contribution in [-0.4, -0.2) is 13.7 Å². The second kappa shape index (κ2) is 4.34. The molecule has 2 rings (SSSR count). The minimum Gasteiger partial charge on any atom is -0.496 e. The van der Waals surface area contributed by atoms with Crippen molar-refractivity contribution in [2.24, 2.45) is 5.41 Å². The maximum atomic E-state index is 5.55. The molecular weight excluding hydrogens is 210 g/mol. The number of benzene rings is 1. The van der Waals surface area contributed by atoms with Crippen LogP contribution in [-0.2, 0) is 0 Å². The van der Waals surface area contributed by atoms with E-state index in [-0.39, 0.29) is 0 Å². The molecule has 0 aromatic heterocycles. The van der Waals surface area contributed by atoms with Crippen molar-refractivity contribution in [1.29, 1.82) is 0 Å². The summed E-state index contributed by atoms with van der Waals surface area (Å²) in [4.78, 5) is 0. The summed E-state index contributed by atoms with van der Waals surface area (Å²) in [7, 11) is 1.76. The van der Waals surface area contributed by atoms with Gasteiger partial charge in [-0.15, -0.1) is 0 Å². The summed E-state index contributed by atoms with van der Waals surface area (Å²) in [6.45, 7) is 10.1. The molecule has 0 bridgehead atoms. The first kappa shape index (κ1) is 12.4. The van der Waals surface area contributed by atoms with Crippen molar-refractivity contribution in [2.45, 2.75) is 39.7 Å². The lowest BCUT2D eigenvalue weighted by molar-refractivity contribution is 0.125. The molecule has 1 aliphatic heterocycles. The Balaban J connectivity index is 2.35. The summed E-state index contributed by atoms with van der Waals surface area (Å²) in [5.41, 5.74) is 2.95. The lowest BCUT2D eigenvalue weighted by Gasteiger charge is -2.46. The Morgan fingerprint density at radius 3 is 2.47 bits per heavy atom. The average molecular weight is 233 g/mol. The van der Waals surface area contributed by atoms with Gasteiger partial charge in [-0.1, -0.05) is 39.8 Å². The Morgan fingerprint density at radius 2 is 2.06 bits per heavy atom. The van der Waals surface area contributed by atoms with Gasteiger partial charge in [-0.3, -0.25) is 0 Å². The monoisotopic (exact) mass is 233 g/mol. The third kappa shape index (κ3) is 2.19. The molecular formula is C15H23NO. The Labute approximate surface area is 104 Å². The summed E-state index contributed by atoms with van der Waals surface area (Å²) < 4.78 is 5.55. The van der Waals surface area contributed by atoms with Gasteiger partial charge in [0.1, 0.15) is 5.75 Å². The van der Waals surface area contributed by atoms with Gasteiger partial charge in [-0.05, 0) is 23.0 Å². The standard InChI is InChI=1S/C15H23NO/c1-10(2)11-6-7-12(13(8-11)17-5)14-15(3,4)9-16-14/h6-8,10,14,16H,9H2,1-5H3. The molecule has 1 N–H and O–H groups in total. The fraction of sp³-hybridized carbons (Fsp3) is 0.600. The van der Waals surface area contributed by atoms with E-state index in [9.17, 15) is 0 Å². The zero-order valence-electron chi connectivity index (χ0n) is 11.5. The molecule has 2 heteroatoms. The maximum absolute atomic E-state index is 5.55. The molecule has 1 aliphatic rings. The van der Waals surface area contributed by atoms with Gasteiger partial charge in [-0.25, -0.2) is 0 Å². The molecule has 0 radical (unpaired) electrons. The number of rotatable bonds is 3. The van der Waals surface area contributed by atoms with E-state index in [1.807, 2.05) is 0 Å². The van der Waals surface area contributed by atoms with Crippen molar-refractivity contribution in [3.8, 4) is 5.75 Å². The van der Waals surface area contributed by atoms with Crippen molar-refractivity contribution in [3.05, 3.63) is 29.3 Å². The molecule has 1 atom stereocenters. The normalized spacial score (nSPS) is 22.4. The summed E-state index contributed by atoms with van der Waals surface area (Å²) in [5, 5.41) is 3.50. The second-order valence-corrected chi connectivity index (χ2v) is 5.96. The largest absolute Gasteiger partial charge is 0.496 e. The Kier molecular flexibility index (Phi) is 3.17. The van der Waals surface area contributed by atoms with E-state index in [0.29, 0.717) is 17.4 Å². The van der Waals surface area contributed by atoms with Crippen LogP contribution in [0.1, 0.15) is 50.8 Å². The lowest BCUT2D eigenvalue weighted by atomic mass is 9.73. The van der Waals surface area contributed by atoms with Crippen LogP contribution < -0.4 is 10.1 Å². The van der Waals surface area contributed by atoms with Crippen molar-refractivity contribution in [2.75, 3.05) is 13.7 Å². The van der Waals surface area contributed by atoms with Gasteiger partial charge in [0.25, 0.3) is 0 Å². The van der Waals surface area contributed by atoms with Crippen LogP contribution in [0.5, 0.6) is 5.75 Å². The third-order valence-electron chi connectivity index (χ3n) is 3.78. The van der Waals surface area contributed by atoms with Crippen molar-refractivity contribution in [1.82, 2.24) is 5.32 Å². The predicted octanol–water partition coefficient (Wildman–Crippen LogP) is 3.49. The van der Waals surface area contributed by atoms with Gasteiger partial charge >= 0.3 is 0 Å². The van der Waals surface area contributed by atoms with E-state index in [1.165, 1.54) is 11.1 Å². The molecule has 0 amide bonds. The molecule has 1 aromatic carbocycles. The highest BCUT2D eigenvalue weighted by molar-refractivity contribution is 5.42. The quantitative estimate of drug-likeness (QED) is 0.863. The van der Waals surface area contributed by atoms with Crippen LogP contribution >= 0.6 is 0 Å². The van der Waals surface area contributed by atoms with Crippen LogP contribution in [0, 0.1) is 5.41 Å². The smallest absolute Gasteiger partial charge is 0.123 e. The first-order valence-corrected chi connectivity index (χ1v) is 6.37. The Morgan fingerprint density at radius 1 is 1.35 bits per heavy atom. The van der Waals surface area contributed by atoms with Gasteiger partial charge in [0.15, 0.2) is 0 Å². The van der Waals surface area contributed by atoms with Crippen molar-refractivity contribution < 1.29 is 4.74 Å². The molecule has 1 fully saturated rings. The van der Waals surface area contributed by atoms with E-state index in [1.54, 1.807) is 7.11 Å². The van der Waals surface area contributed by atoms with E-state index >= 15 is 0 Å². The fourth-order valence-corrected chi connectivity index (χ4v) is 2.47. The minimum atomic E-state index is 0.326. The number of methoxy groups -OCH3 is 1. The topological polar surface area (TPSA) is 21.3 Å². The van der Waals surface area contributed by atoms with Gasteiger partial charge < -0.3 is 10.1 Å². The van der Waals surface area contributed by atoms with Gasteiger partial charge in [0.05, 0.1) is 7.11 Å². The Hall–Kier alpha value is -1.02. The molecule has 1 aromatic rings. The summed E-state index contributed by atoms with van der Waals surface area (Å²) in [6, 6.07) is 7.03. The van der Waals surface area contributed by atoms with Crippen LogP contribution in [0.25, 0.3) is 0 Å². The van der Waals surface area contributed by atoms with E-state index < -0.39 is 0 Å². The molecule has 94 valence electrons. The zero-order valence-corrected chi connectivity index (χ0v) is 11.5. The molecule has 17 heavy (non-hydrogen) atoms. The number of nitrogens with one attached hydrogen (secondary N) is 1. The highest BCUT2D eigenvalue weighted by Crippen LogP contribution is 2.44. The first-order valence-electron chi connectivity index (χ1n) is 6.37. The van der Waals surface area contributed by atoms with Crippen molar-refractivity contribution >= 4 is 0 Å². The highest BCUT2D eigenvalue weighted by atomic mass is 16.5. The predicted molar refractivity (Wildman–Crippen MR) is 71.6 cm³/mol. The SMILES string of the molecule is COc1cc(C(C)C)ccc1C1NCC1(C)C. The fourth-order valence-electron chi connectivity index (χ4n) is 2.47. The zero-order chi connectivity index (χ0) is 12.6. The molecule has 0 spiro atoms. The summed E-state index contributed by atoms with van der Waals surface area (Å²) in [5.74, 6) is 1.56. The molecule has 1 unspecified atom stereocenters. The molecule has 0 saturated carbocycles. The lowest BCUT2D eigenvalue weighted by Crippen LogP contribution is -2.52. The number of ether oxygens (including phenoxy) is 1. The number of hydrogen-bond donors (Lipinski definition) is 1. The highest BCUT2D eigenvalue weighted by Gasteiger charge is 2.40. The van der Waals surface area contributed by atoms with E-state index in [2.05, 4.69) is 51.2 Å². The molecule has 0 aliphatic carbocycles. The summed E-state index contributed by atoms with van der Waals surface area (Å²) >= 11 is 0. The Bertz CT molecular complexity index is 409. The maximum Gasteiger partial charge on any atom is 0.123 e. The molecule has 2 nitrogen and oxygen atoms in total. The molecule has 1 heterocycles. The van der Waals surface area contributed by atoms with Gasteiger partial charge in [0, 0.05) is 18.2 Å². The van der Waals surface area contributed by atoms with Crippen LogP contribution in [0.4, 0.5) is 0 Å². The van der Waals surface area contributed by atoms with Crippen molar-refractivity contribution in [3.63, 3.8) is 0 Å². The summed E-state index contributed by atoms with van der Waals surface area (Å²) in [6.07, 6.45) is 0. The molecule has 1 saturated heterocycles. The van der Waals surface area contributed by atoms with Gasteiger partial charge in [0.2, 0.25) is 0 Å². The van der Waals surface area contributed by atoms with E-state index in [0.717, 1.165) is 12.3 Å². The van der Waals surface area contributed by atoms with E-state index in [4.69, 9.17) is 4.74 Å².